The van der Waals surface area contributed by atoms with Crippen molar-refractivity contribution in [1.82, 2.24) is 0 Å². The first kappa shape index (κ1) is 21.8. The second kappa shape index (κ2) is 9.75. The summed E-state index contributed by atoms with van der Waals surface area (Å²) in [6.07, 6.45) is 0. The Morgan fingerprint density at radius 2 is 1.87 bits per heavy atom. The number of nitrogens with one attached hydrogen (secondary N) is 1. The third kappa shape index (κ3) is 5.38. The Morgan fingerprint density at radius 1 is 1.13 bits per heavy atom. The molecule has 1 N–H and O–H groups in total. The number of nitro groups is 1. The molecule has 0 atom stereocenters. The fourth-order valence-electron chi connectivity index (χ4n) is 2.86. The van der Waals surface area contributed by atoms with E-state index < -0.39 is 23.4 Å². The number of nitrogens with zero attached hydrogens (tertiary/aromatic N) is 2. The lowest BCUT2D eigenvalue weighted by Gasteiger charge is -2.30. The van der Waals surface area contributed by atoms with E-state index in [9.17, 15) is 19.7 Å². The largest absolute Gasteiger partial charge is 0.452 e. The van der Waals surface area contributed by atoms with Gasteiger partial charge in [-0.15, -0.1) is 0 Å². The average molecular weight is 454 g/mol. The predicted molar refractivity (Wildman–Crippen MR) is 112 cm³/mol. The molecule has 0 aliphatic carbocycles. The van der Waals surface area contributed by atoms with Gasteiger partial charge in [-0.25, -0.2) is 4.79 Å². The molecule has 0 spiro atoms. The van der Waals surface area contributed by atoms with Crippen molar-refractivity contribution in [3.63, 3.8) is 0 Å². The maximum atomic E-state index is 12.6. The summed E-state index contributed by atoms with van der Waals surface area (Å²) in [4.78, 5) is 37.1. The number of carbonyl (C=O) groups excluding carboxylic acids is 2. The van der Waals surface area contributed by atoms with Gasteiger partial charge in [-0.1, -0.05) is 23.2 Å². The fourth-order valence-corrected chi connectivity index (χ4v) is 3.16. The van der Waals surface area contributed by atoms with Gasteiger partial charge < -0.3 is 19.7 Å². The maximum Gasteiger partial charge on any atom is 0.341 e. The van der Waals surface area contributed by atoms with Gasteiger partial charge in [0.25, 0.3) is 11.6 Å². The molecule has 9 nitrogen and oxygen atoms in total. The van der Waals surface area contributed by atoms with Crippen LogP contribution >= 0.6 is 23.2 Å². The fraction of sp³-hybridized carbons (Fsp3) is 0.263. The molecule has 2 aromatic carbocycles. The standard InChI is InChI=1S/C19H17Cl2N3O6/c20-15-3-1-12(9-16(15)21)22-18(25)11-30-19(26)14-10-13(24(27)28)2-4-17(14)23-5-7-29-8-6-23/h1-4,9-10H,5-8,11H2,(H,22,25). The van der Waals surface area contributed by atoms with Crippen LogP contribution in [0.5, 0.6) is 0 Å². The summed E-state index contributed by atoms with van der Waals surface area (Å²) >= 11 is 11.7. The highest BCUT2D eigenvalue weighted by Crippen LogP contribution is 2.27. The Bertz CT molecular complexity index is 979. The smallest absolute Gasteiger partial charge is 0.341 e. The molecule has 1 aliphatic heterocycles. The van der Waals surface area contributed by atoms with E-state index in [1.807, 2.05) is 4.90 Å². The molecular formula is C19H17Cl2N3O6. The number of ether oxygens (including phenoxy) is 2. The Morgan fingerprint density at radius 3 is 2.53 bits per heavy atom. The molecule has 30 heavy (non-hydrogen) atoms. The molecule has 1 heterocycles. The molecule has 0 aromatic heterocycles. The van der Waals surface area contributed by atoms with Gasteiger partial charge in [0.2, 0.25) is 0 Å². The Labute approximate surface area is 181 Å². The van der Waals surface area contributed by atoms with Crippen LogP contribution < -0.4 is 10.2 Å². The van der Waals surface area contributed by atoms with E-state index in [0.29, 0.717) is 42.7 Å². The SMILES string of the molecule is O=C(COC(=O)c1cc([N+](=O)[O-])ccc1N1CCOCC1)Nc1ccc(Cl)c(Cl)c1. The third-order valence-corrected chi connectivity index (χ3v) is 5.04. The first-order valence-electron chi connectivity index (χ1n) is 8.88. The number of nitro benzene ring substituents is 1. The van der Waals surface area contributed by atoms with Gasteiger partial charge in [0.1, 0.15) is 0 Å². The summed E-state index contributed by atoms with van der Waals surface area (Å²) in [6, 6.07) is 8.48. The second-order valence-corrected chi connectivity index (χ2v) is 7.13. The number of esters is 1. The van der Waals surface area contributed by atoms with E-state index in [-0.39, 0.29) is 16.3 Å². The number of non-ortho nitro benzene ring substituents is 1. The molecule has 1 saturated heterocycles. The van der Waals surface area contributed by atoms with Crippen molar-refractivity contribution < 1.29 is 24.0 Å². The van der Waals surface area contributed by atoms with Gasteiger partial charge >= 0.3 is 5.97 Å². The van der Waals surface area contributed by atoms with Crippen molar-refractivity contribution in [2.75, 3.05) is 43.1 Å². The molecule has 0 unspecified atom stereocenters. The van der Waals surface area contributed by atoms with E-state index in [1.165, 1.54) is 24.3 Å². The van der Waals surface area contributed by atoms with Crippen molar-refractivity contribution in [1.29, 1.82) is 0 Å². The highest BCUT2D eigenvalue weighted by molar-refractivity contribution is 6.42. The van der Waals surface area contributed by atoms with Gasteiger partial charge in [0.05, 0.1) is 39.4 Å². The third-order valence-electron chi connectivity index (χ3n) is 4.30. The number of hydrogen-bond donors (Lipinski definition) is 1. The lowest BCUT2D eigenvalue weighted by molar-refractivity contribution is -0.384. The number of morpholine rings is 1. The quantitative estimate of drug-likeness (QED) is 0.404. The van der Waals surface area contributed by atoms with Crippen LogP contribution in [0.15, 0.2) is 36.4 Å². The molecule has 11 heteroatoms. The van der Waals surface area contributed by atoms with Gasteiger partial charge in [-0.05, 0) is 24.3 Å². The van der Waals surface area contributed by atoms with Crippen molar-refractivity contribution in [3.8, 4) is 0 Å². The zero-order chi connectivity index (χ0) is 21.7. The molecule has 3 rings (SSSR count). The zero-order valence-corrected chi connectivity index (χ0v) is 17.1. The topological polar surface area (TPSA) is 111 Å². The van der Waals surface area contributed by atoms with Crippen LogP contribution in [0, 0.1) is 10.1 Å². The lowest BCUT2D eigenvalue weighted by Crippen LogP contribution is -2.37. The van der Waals surface area contributed by atoms with Crippen LogP contribution in [-0.4, -0.2) is 49.7 Å². The van der Waals surface area contributed by atoms with Crippen molar-refractivity contribution in [2.24, 2.45) is 0 Å². The van der Waals surface area contributed by atoms with Crippen LogP contribution in [0.25, 0.3) is 0 Å². The molecular weight excluding hydrogens is 437 g/mol. The Balaban J connectivity index is 1.71. The van der Waals surface area contributed by atoms with Crippen LogP contribution in [-0.2, 0) is 14.3 Å². The Kier molecular flexibility index (Phi) is 7.09. The number of amides is 1. The number of hydrogen-bond acceptors (Lipinski definition) is 7. The normalized spacial score (nSPS) is 13.6. The highest BCUT2D eigenvalue weighted by atomic mass is 35.5. The first-order chi connectivity index (χ1) is 14.3. The summed E-state index contributed by atoms with van der Waals surface area (Å²) in [5.41, 5.74) is 0.626. The van der Waals surface area contributed by atoms with Crippen LogP contribution in [0.4, 0.5) is 17.1 Å². The minimum absolute atomic E-state index is 0.00781. The summed E-state index contributed by atoms with van der Waals surface area (Å²) < 4.78 is 10.4. The molecule has 2 aromatic rings. The molecule has 0 radical (unpaired) electrons. The first-order valence-corrected chi connectivity index (χ1v) is 9.64. The van der Waals surface area contributed by atoms with Gasteiger partial charge in [-0.2, -0.15) is 0 Å². The van der Waals surface area contributed by atoms with Gasteiger partial charge in [0.15, 0.2) is 6.61 Å². The zero-order valence-electron chi connectivity index (χ0n) is 15.6. The number of rotatable bonds is 6. The summed E-state index contributed by atoms with van der Waals surface area (Å²) in [5.74, 6) is -1.44. The molecule has 0 saturated carbocycles. The van der Waals surface area contributed by atoms with Gasteiger partial charge in [-0.3, -0.25) is 14.9 Å². The summed E-state index contributed by atoms with van der Waals surface area (Å²) in [6.45, 7) is 1.41. The predicted octanol–water partition coefficient (Wildman–Crippen LogP) is 3.53. The molecule has 0 bridgehead atoms. The summed E-state index contributed by atoms with van der Waals surface area (Å²) in [7, 11) is 0. The number of benzene rings is 2. The molecule has 1 aliphatic rings. The van der Waals surface area contributed by atoms with Crippen LogP contribution in [0.3, 0.4) is 0 Å². The monoisotopic (exact) mass is 453 g/mol. The number of anilines is 2. The minimum atomic E-state index is -0.843. The van der Waals surface area contributed by atoms with Crippen molar-refractivity contribution in [2.45, 2.75) is 0 Å². The highest BCUT2D eigenvalue weighted by Gasteiger charge is 2.23. The average Bonchev–Trinajstić information content (AvgIpc) is 2.74. The number of halogens is 2. The van der Waals surface area contributed by atoms with E-state index in [4.69, 9.17) is 32.7 Å². The lowest BCUT2D eigenvalue weighted by atomic mass is 10.1. The molecule has 1 amide bonds. The van der Waals surface area contributed by atoms with E-state index in [2.05, 4.69) is 5.32 Å². The van der Waals surface area contributed by atoms with Crippen molar-refractivity contribution in [3.05, 3.63) is 62.1 Å². The van der Waals surface area contributed by atoms with E-state index in [0.717, 1.165) is 6.07 Å². The van der Waals surface area contributed by atoms with Crippen LogP contribution in [0.2, 0.25) is 10.0 Å². The Hall–Kier alpha value is -2.88. The maximum absolute atomic E-state index is 12.6. The second-order valence-electron chi connectivity index (χ2n) is 6.31. The summed E-state index contributed by atoms with van der Waals surface area (Å²) in [5, 5.41) is 14.2. The van der Waals surface area contributed by atoms with Crippen molar-refractivity contribution >= 4 is 52.1 Å². The minimum Gasteiger partial charge on any atom is -0.452 e. The molecule has 158 valence electrons. The van der Waals surface area contributed by atoms with E-state index >= 15 is 0 Å². The van der Waals surface area contributed by atoms with E-state index in [1.54, 1.807) is 6.07 Å². The van der Waals surface area contributed by atoms with Gasteiger partial charge in [0, 0.05) is 30.9 Å². The molecule has 1 fully saturated rings. The number of carbonyl (C=O) groups is 2. The van der Waals surface area contributed by atoms with Crippen LogP contribution in [0.1, 0.15) is 10.4 Å².